The number of nitrogens with two attached hydrogens (primary N) is 2. The van der Waals surface area contributed by atoms with Crippen molar-refractivity contribution >= 4 is 29.6 Å². The van der Waals surface area contributed by atoms with Crippen molar-refractivity contribution in [1.29, 1.82) is 0 Å². The van der Waals surface area contributed by atoms with Gasteiger partial charge in [-0.05, 0) is 18.2 Å². The molecule has 1 spiro atoms. The fourth-order valence-corrected chi connectivity index (χ4v) is 5.81. The molecule has 10 N–H and O–H groups in total. The van der Waals surface area contributed by atoms with E-state index in [0.717, 1.165) is 9.48 Å². The number of guanidine groups is 2. The summed E-state index contributed by atoms with van der Waals surface area (Å²) < 4.78 is 81.6. The van der Waals surface area contributed by atoms with Gasteiger partial charge in [-0.2, -0.15) is 26.3 Å². The van der Waals surface area contributed by atoms with Crippen LogP contribution in [-0.2, 0) is 21.9 Å². The molecule has 0 aliphatic carbocycles. The number of carbonyl (C=O) groups excluding carboxylic acids is 3. The highest BCUT2D eigenvalue weighted by Crippen LogP contribution is 2.39. The Morgan fingerprint density at radius 2 is 1.76 bits per heavy atom. The predicted molar refractivity (Wildman–Crippen MR) is 122 cm³/mol. The lowest BCUT2D eigenvalue weighted by Crippen LogP contribution is -2.92. The number of carbonyl (C=O) groups is 3. The SMILES string of the molecule is NC1=[NH+][C@H]2[C@H](CN3C(=O)CCC3=O)NC(N)=[N+]3CC(NC(=O)c4cc(C(F)(F)F)ccc4C(F)(F)F)C(O)(O)[C@]23N1. The Hall–Kier alpha value is -4.13. The second-order valence-electron chi connectivity index (χ2n) is 10.1. The van der Waals surface area contributed by atoms with Gasteiger partial charge in [0.1, 0.15) is 12.1 Å². The number of nitrogens with one attached hydrogen (secondary N) is 4. The summed E-state index contributed by atoms with van der Waals surface area (Å²) in [5.41, 5.74) is 5.32. The lowest BCUT2D eigenvalue weighted by molar-refractivity contribution is -0.674. The van der Waals surface area contributed by atoms with Crippen molar-refractivity contribution in [2.45, 2.75) is 54.8 Å². The molecule has 5 rings (SSSR count). The zero-order valence-electron chi connectivity index (χ0n) is 20.7. The Morgan fingerprint density at radius 3 is 2.34 bits per heavy atom. The highest BCUT2D eigenvalue weighted by Gasteiger charge is 2.78. The zero-order chi connectivity index (χ0) is 30.3. The quantitative estimate of drug-likeness (QED) is 0.0741. The topological polar surface area (TPSA) is 200 Å². The van der Waals surface area contributed by atoms with Gasteiger partial charge >= 0.3 is 24.3 Å². The maximum absolute atomic E-state index is 13.6. The summed E-state index contributed by atoms with van der Waals surface area (Å²) in [6.45, 7) is -0.850. The number of aliphatic hydroxyl groups is 2. The first-order chi connectivity index (χ1) is 18.9. The summed E-state index contributed by atoms with van der Waals surface area (Å²) >= 11 is 0. The van der Waals surface area contributed by atoms with Crippen LogP contribution in [0.3, 0.4) is 0 Å². The minimum absolute atomic E-state index is 0.0151. The summed E-state index contributed by atoms with van der Waals surface area (Å²) in [4.78, 5) is 41.1. The van der Waals surface area contributed by atoms with Crippen LogP contribution < -0.4 is 32.4 Å². The Morgan fingerprint density at radius 1 is 1.12 bits per heavy atom. The summed E-state index contributed by atoms with van der Waals surface area (Å²) in [5.74, 6) is -6.18. The Bertz CT molecular complexity index is 1390. The first-order valence-corrected chi connectivity index (χ1v) is 12.1. The lowest BCUT2D eigenvalue weighted by Gasteiger charge is -2.41. The molecule has 4 atom stereocenters. The van der Waals surface area contributed by atoms with Crippen LogP contribution in [0.25, 0.3) is 0 Å². The standard InChI is InChI=1S/C22H22F6N8O5/c23-21(24,25)8-1-2-10(22(26,27)28)9(5-8)16(39)32-12-7-36-18(30)31-11(6-35-13(37)3-4-14(35)38)15-19(36,20(12,40)41)34-17(29)33-15/h1-2,5,11-12,15,40-41H,3-4,6-7H2,(H6,29,30,31,32,33,34,39)/p+2/t11-,12?,15-,19-/m0/s1. The van der Waals surface area contributed by atoms with E-state index in [1.165, 1.54) is 0 Å². The minimum atomic E-state index is -5.22. The first-order valence-electron chi connectivity index (χ1n) is 12.1. The summed E-state index contributed by atoms with van der Waals surface area (Å²) in [6, 6.07) is -3.71. The highest BCUT2D eigenvalue weighted by atomic mass is 19.4. The molecule has 4 heterocycles. The van der Waals surface area contributed by atoms with Crippen molar-refractivity contribution < 1.29 is 60.5 Å². The third-order valence-corrected chi connectivity index (χ3v) is 7.69. The van der Waals surface area contributed by atoms with Gasteiger partial charge in [0, 0.05) is 12.8 Å². The molecule has 2 saturated heterocycles. The number of imide groups is 1. The van der Waals surface area contributed by atoms with E-state index in [0.29, 0.717) is 0 Å². The number of benzene rings is 1. The molecule has 1 aromatic rings. The number of halogens is 6. The number of alkyl halides is 6. The average molecular weight is 594 g/mol. The molecule has 2 fully saturated rings. The van der Waals surface area contributed by atoms with Crippen LogP contribution in [0.4, 0.5) is 26.3 Å². The fourth-order valence-electron chi connectivity index (χ4n) is 5.81. The van der Waals surface area contributed by atoms with Crippen LogP contribution in [-0.4, -0.2) is 92.0 Å². The third kappa shape index (κ3) is 4.30. The van der Waals surface area contributed by atoms with Gasteiger partial charge in [0.2, 0.25) is 11.8 Å². The van der Waals surface area contributed by atoms with E-state index < -0.39 is 82.9 Å². The maximum atomic E-state index is 13.6. The van der Waals surface area contributed by atoms with Gasteiger partial charge in [-0.3, -0.25) is 41.1 Å². The van der Waals surface area contributed by atoms with Gasteiger partial charge in [-0.15, -0.1) is 0 Å². The molecule has 3 amide bonds. The molecular formula is C22H24F6N8O5+2. The molecule has 1 unspecified atom stereocenters. The molecule has 0 bridgehead atoms. The molecule has 0 aromatic heterocycles. The monoisotopic (exact) mass is 594 g/mol. The van der Waals surface area contributed by atoms with Crippen molar-refractivity contribution in [2.24, 2.45) is 11.5 Å². The van der Waals surface area contributed by atoms with Gasteiger partial charge in [0.15, 0.2) is 6.04 Å². The van der Waals surface area contributed by atoms with E-state index in [2.05, 4.69) is 15.6 Å². The van der Waals surface area contributed by atoms with Crippen molar-refractivity contribution in [1.82, 2.24) is 20.9 Å². The van der Waals surface area contributed by atoms with E-state index in [1.807, 2.05) is 5.32 Å². The molecule has 4 aliphatic rings. The second kappa shape index (κ2) is 8.93. The normalized spacial score (nSPS) is 29.1. The first kappa shape index (κ1) is 28.4. The second-order valence-corrected chi connectivity index (χ2v) is 10.1. The maximum Gasteiger partial charge on any atom is 0.417 e. The van der Waals surface area contributed by atoms with Gasteiger partial charge in [-0.1, -0.05) is 0 Å². The summed E-state index contributed by atoms with van der Waals surface area (Å²) in [5, 5.41) is 30.3. The summed E-state index contributed by atoms with van der Waals surface area (Å²) in [7, 11) is 0. The van der Waals surface area contributed by atoms with Crippen LogP contribution >= 0.6 is 0 Å². The van der Waals surface area contributed by atoms with E-state index in [4.69, 9.17) is 11.5 Å². The molecule has 4 aliphatic heterocycles. The molecule has 1 aromatic carbocycles. The molecule has 222 valence electrons. The largest absolute Gasteiger partial charge is 0.417 e. The molecule has 0 radical (unpaired) electrons. The van der Waals surface area contributed by atoms with E-state index in [1.54, 1.807) is 0 Å². The van der Waals surface area contributed by atoms with Crippen LogP contribution in [0.5, 0.6) is 0 Å². The highest BCUT2D eigenvalue weighted by molar-refractivity contribution is 6.02. The molecule has 13 nitrogen and oxygen atoms in total. The average Bonchev–Trinajstić information content (AvgIpc) is 3.45. The van der Waals surface area contributed by atoms with Gasteiger partial charge < -0.3 is 15.5 Å². The molecule has 41 heavy (non-hydrogen) atoms. The molecule has 0 saturated carbocycles. The van der Waals surface area contributed by atoms with Crippen LogP contribution in [0.1, 0.15) is 34.3 Å². The Kier molecular flexibility index (Phi) is 6.19. The van der Waals surface area contributed by atoms with Gasteiger partial charge in [-0.25, -0.2) is 9.89 Å². The fraction of sp³-hybridized carbons (Fsp3) is 0.500. The zero-order valence-corrected chi connectivity index (χ0v) is 20.7. The van der Waals surface area contributed by atoms with Crippen molar-refractivity contribution in [3.05, 3.63) is 34.9 Å². The molecular weight excluding hydrogens is 570 g/mol. The van der Waals surface area contributed by atoms with Crippen molar-refractivity contribution in [2.75, 3.05) is 13.1 Å². The van der Waals surface area contributed by atoms with Crippen molar-refractivity contribution in [3.8, 4) is 0 Å². The van der Waals surface area contributed by atoms with Gasteiger partial charge in [0.25, 0.3) is 17.4 Å². The number of hydrogen-bond acceptors (Lipinski definition) is 9. The minimum Gasteiger partial charge on any atom is -0.358 e. The van der Waals surface area contributed by atoms with Gasteiger partial charge in [0.05, 0.1) is 29.8 Å². The number of likely N-dealkylation sites (tertiary alicyclic amines) is 1. The van der Waals surface area contributed by atoms with E-state index in [9.17, 15) is 50.9 Å². The lowest BCUT2D eigenvalue weighted by atomic mass is 9.85. The third-order valence-electron chi connectivity index (χ3n) is 7.69. The predicted octanol–water partition coefficient (Wildman–Crippen LogP) is -3.97. The number of hydrogen-bond donors (Lipinski definition) is 8. The van der Waals surface area contributed by atoms with E-state index >= 15 is 0 Å². The van der Waals surface area contributed by atoms with Crippen molar-refractivity contribution in [3.63, 3.8) is 0 Å². The number of amides is 3. The summed E-state index contributed by atoms with van der Waals surface area (Å²) in [6.07, 6.45) is -10.4. The number of nitrogens with zero attached hydrogens (tertiary/aromatic N) is 2. The smallest absolute Gasteiger partial charge is 0.358 e. The Balaban J connectivity index is 1.50. The van der Waals surface area contributed by atoms with Crippen LogP contribution in [0.15, 0.2) is 18.2 Å². The Labute approximate surface area is 225 Å². The van der Waals surface area contributed by atoms with Crippen LogP contribution in [0, 0.1) is 0 Å². The van der Waals surface area contributed by atoms with Crippen LogP contribution in [0.2, 0.25) is 0 Å². The molecule has 19 heteroatoms. The van der Waals surface area contributed by atoms with E-state index in [-0.39, 0.29) is 49.5 Å². The number of rotatable bonds is 4.